The van der Waals surface area contributed by atoms with E-state index in [0.29, 0.717) is 28.1 Å². The van der Waals surface area contributed by atoms with E-state index in [4.69, 9.17) is 9.57 Å². The van der Waals surface area contributed by atoms with Gasteiger partial charge in [0.15, 0.2) is 5.78 Å². The largest absolute Gasteiger partial charge is 0.497 e. The van der Waals surface area contributed by atoms with E-state index in [1.54, 1.807) is 48.5 Å². The summed E-state index contributed by atoms with van der Waals surface area (Å²) in [7, 11) is 1.51. The van der Waals surface area contributed by atoms with Crippen LogP contribution in [-0.4, -0.2) is 24.5 Å². The van der Waals surface area contributed by atoms with E-state index in [1.165, 1.54) is 31.4 Å². The molecule has 0 fully saturated rings. The molecule has 3 aromatic carbocycles. The lowest BCUT2D eigenvalue weighted by molar-refractivity contribution is -0.140. The van der Waals surface area contributed by atoms with Crippen LogP contribution in [-0.2, 0) is 15.2 Å². The van der Waals surface area contributed by atoms with Crippen molar-refractivity contribution < 1.29 is 23.6 Å². The number of hydrogen-bond donors (Lipinski definition) is 1. The SMILES string of the molecule is COc1cccc(C(=O)C2C(c3ccc(F)cc3)=NOC23C(=O)Nc2ccccc23)c1. The lowest BCUT2D eigenvalue weighted by Crippen LogP contribution is -2.46. The molecule has 0 saturated heterocycles. The molecule has 0 aliphatic carbocycles. The zero-order chi connectivity index (χ0) is 21.6. The van der Waals surface area contributed by atoms with Crippen molar-refractivity contribution in [3.05, 3.63) is 95.3 Å². The summed E-state index contributed by atoms with van der Waals surface area (Å²) in [6, 6.07) is 19.3. The minimum Gasteiger partial charge on any atom is -0.497 e. The fourth-order valence-electron chi connectivity index (χ4n) is 4.14. The number of anilines is 1. The van der Waals surface area contributed by atoms with Crippen LogP contribution < -0.4 is 10.1 Å². The highest BCUT2D eigenvalue weighted by Gasteiger charge is 2.63. The first kappa shape index (κ1) is 19.0. The Bertz CT molecular complexity index is 1240. The third-order valence-corrected chi connectivity index (χ3v) is 5.64. The van der Waals surface area contributed by atoms with Gasteiger partial charge in [-0.15, -0.1) is 0 Å². The van der Waals surface area contributed by atoms with Gasteiger partial charge in [0.25, 0.3) is 11.5 Å². The second-order valence-electron chi connectivity index (χ2n) is 7.34. The number of rotatable bonds is 4. The van der Waals surface area contributed by atoms with Gasteiger partial charge in [0, 0.05) is 22.4 Å². The maximum atomic E-state index is 13.8. The molecule has 7 heteroatoms. The van der Waals surface area contributed by atoms with Crippen LogP contribution in [0.5, 0.6) is 5.75 Å². The molecule has 2 atom stereocenters. The molecule has 2 unspecified atom stereocenters. The molecule has 154 valence electrons. The van der Waals surface area contributed by atoms with Crippen molar-refractivity contribution in [3.8, 4) is 5.75 Å². The molecular weight excluding hydrogens is 399 g/mol. The number of methoxy groups -OCH3 is 1. The minimum atomic E-state index is -1.65. The Morgan fingerprint density at radius 3 is 2.65 bits per heavy atom. The molecule has 0 radical (unpaired) electrons. The molecule has 1 N–H and O–H groups in total. The van der Waals surface area contributed by atoms with Gasteiger partial charge in [0.1, 0.15) is 23.2 Å². The van der Waals surface area contributed by atoms with Gasteiger partial charge in [-0.25, -0.2) is 4.39 Å². The topological polar surface area (TPSA) is 77.0 Å². The van der Waals surface area contributed by atoms with Gasteiger partial charge in [0.2, 0.25) is 0 Å². The van der Waals surface area contributed by atoms with Crippen LogP contribution in [0.1, 0.15) is 21.5 Å². The van der Waals surface area contributed by atoms with Gasteiger partial charge < -0.3 is 14.9 Å². The Kier molecular flexibility index (Phi) is 4.32. The van der Waals surface area contributed by atoms with Crippen LogP contribution >= 0.6 is 0 Å². The third-order valence-electron chi connectivity index (χ3n) is 5.64. The standard InChI is InChI=1S/C24H17FN2O4/c1-30-17-6-4-5-15(13-17)22(28)20-21(14-9-11-16(25)12-10-14)27-31-24(20)18-7-2-3-8-19(18)26-23(24)29/h2-13,20H,1H3,(H,26,29). The Labute approximate surface area is 177 Å². The summed E-state index contributed by atoms with van der Waals surface area (Å²) < 4.78 is 18.8. The Morgan fingerprint density at radius 1 is 1.10 bits per heavy atom. The Balaban J connectivity index is 1.69. The van der Waals surface area contributed by atoms with E-state index in [9.17, 15) is 14.0 Å². The summed E-state index contributed by atoms with van der Waals surface area (Å²) in [6.45, 7) is 0. The molecule has 2 heterocycles. The maximum Gasteiger partial charge on any atom is 0.277 e. The number of benzene rings is 3. The summed E-state index contributed by atoms with van der Waals surface area (Å²) in [6.07, 6.45) is 0. The number of para-hydroxylation sites is 1. The number of ketones is 1. The van der Waals surface area contributed by atoms with Crippen molar-refractivity contribution in [3.63, 3.8) is 0 Å². The molecule has 31 heavy (non-hydrogen) atoms. The summed E-state index contributed by atoms with van der Waals surface area (Å²) in [5.74, 6) is -1.82. The average molecular weight is 416 g/mol. The summed E-state index contributed by atoms with van der Waals surface area (Å²) >= 11 is 0. The molecule has 2 aliphatic rings. The van der Waals surface area contributed by atoms with Crippen LogP contribution in [0.15, 0.2) is 78.0 Å². The van der Waals surface area contributed by atoms with Crippen molar-refractivity contribution >= 4 is 23.1 Å². The molecule has 1 spiro atoms. The molecular formula is C24H17FN2O4. The number of nitrogens with one attached hydrogen (secondary N) is 1. The zero-order valence-corrected chi connectivity index (χ0v) is 16.5. The van der Waals surface area contributed by atoms with E-state index in [-0.39, 0.29) is 11.5 Å². The van der Waals surface area contributed by atoms with Crippen LogP contribution in [0.3, 0.4) is 0 Å². The van der Waals surface area contributed by atoms with E-state index < -0.39 is 23.2 Å². The van der Waals surface area contributed by atoms with Gasteiger partial charge in [0.05, 0.1) is 7.11 Å². The van der Waals surface area contributed by atoms with Crippen LogP contribution in [0.2, 0.25) is 0 Å². The van der Waals surface area contributed by atoms with Crippen molar-refractivity contribution in [1.29, 1.82) is 0 Å². The lowest BCUT2D eigenvalue weighted by Gasteiger charge is -2.26. The van der Waals surface area contributed by atoms with Crippen LogP contribution in [0.4, 0.5) is 10.1 Å². The fraction of sp³-hybridized carbons (Fsp3) is 0.125. The molecule has 5 rings (SSSR count). The van der Waals surface area contributed by atoms with E-state index in [2.05, 4.69) is 10.5 Å². The van der Waals surface area contributed by atoms with Gasteiger partial charge in [-0.1, -0.05) is 47.6 Å². The smallest absolute Gasteiger partial charge is 0.277 e. The number of hydrogen-bond acceptors (Lipinski definition) is 5. The predicted molar refractivity (Wildman–Crippen MR) is 112 cm³/mol. The highest BCUT2D eigenvalue weighted by Crippen LogP contribution is 2.49. The predicted octanol–water partition coefficient (Wildman–Crippen LogP) is 3.92. The number of oxime groups is 1. The summed E-state index contributed by atoms with van der Waals surface area (Å²) in [5.41, 5.74) is 0.548. The molecule has 0 saturated carbocycles. The maximum absolute atomic E-state index is 13.8. The Hall–Kier alpha value is -4.00. The minimum absolute atomic E-state index is 0.264. The monoisotopic (exact) mass is 416 g/mol. The van der Waals surface area contributed by atoms with Crippen molar-refractivity contribution in [2.24, 2.45) is 11.1 Å². The Morgan fingerprint density at radius 2 is 1.87 bits per heavy atom. The zero-order valence-electron chi connectivity index (χ0n) is 16.5. The highest BCUT2D eigenvalue weighted by molar-refractivity contribution is 6.24. The van der Waals surface area contributed by atoms with E-state index >= 15 is 0 Å². The third kappa shape index (κ3) is 2.81. The molecule has 1 amide bonds. The molecule has 3 aromatic rings. The van der Waals surface area contributed by atoms with Gasteiger partial charge in [-0.2, -0.15) is 0 Å². The first-order chi connectivity index (χ1) is 15.0. The second-order valence-corrected chi connectivity index (χ2v) is 7.34. The number of halogens is 1. The van der Waals surface area contributed by atoms with Crippen LogP contribution in [0, 0.1) is 11.7 Å². The summed E-state index contributed by atoms with van der Waals surface area (Å²) in [4.78, 5) is 32.8. The second kappa shape index (κ2) is 7.05. The molecule has 6 nitrogen and oxygen atoms in total. The van der Waals surface area contributed by atoms with E-state index in [1.807, 2.05) is 0 Å². The molecule has 0 aromatic heterocycles. The number of nitrogens with zero attached hydrogens (tertiary/aromatic N) is 1. The summed E-state index contributed by atoms with van der Waals surface area (Å²) in [5, 5.41) is 6.97. The number of carbonyl (C=O) groups is 2. The highest BCUT2D eigenvalue weighted by atomic mass is 19.1. The molecule has 0 bridgehead atoms. The number of ether oxygens (including phenoxy) is 1. The van der Waals surface area contributed by atoms with Gasteiger partial charge in [-0.3, -0.25) is 9.59 Å². The van der Waals surface area contributed by atoms with Crippen LogP contribution in [0.25, 0.3) is 0 Å². The first-order valence-electron chi connectivity index (χ1n) is 9.66. The van der Waals surface area contributed by atoms with Gasteiger partial charge in [-0.05, 0) is 30.3 Å². The quantitative estimate of drug-likeness (QED) is 0.654. The van der Waals surface area contributed by atoms with Crippen molar-refractivity contribution in [2.75, 3.05) is 12.4 Å². The fourth-order valence-corrected chi connectivity index (χ4v) is 4.14. The molecule has 2 aliphatic heterocycles. The van der Waals surface area contributed by atoms with Crippen molar-refractivity contribution in [1.82, 2.24) is 0 Å². The average Bonchev–Trinajstić information content (AvgIpc) is 3.33. The van der Waals surface area contributed by atoms with Gasteiger partial charge >= 0.3 is 0 Å². The first-order valence-corrected chi connectivity index (χ1v) is 9.66. The number of fused-ring (bicyclic) bond motifs is 2. The normalized spacial score (nSPS) is 21.3. The van der Waals surface area contributed by atoms with E-state index in [0.717, 1.165) is 0 Å². The van der Waals surface area contributed by atoms with Crippen molar-refractivity contribution in [2.45, 2.75) is 5.60 Å². The number of amides is 1. The number of carbonyl (C=O) groups excluding carboxylic acids is 2. The lowest BCUT2D eigenvalue weighted by atomic mass is 9.74. The number of Topliss-reactive ketones (excluding diaryl/α,β-unsaturated/α-hetero) is 1.